The van der Waals surface area contributed by atoms with Crippen molar-refractivity contribution < 1.29 is 0 Å². The first kappa shape index (κ1) is 15.7. The minimum atomic E-state index is -0.937. The van der Waals surface area contributed by atoms with Crippen molar-refractivity contribution in [2.75, 3.05) is 0 Å². The molecule has 0 unspecified atom stereocenters. The lowest BCUT2D eigenvalue weighted by molar-refractivity contribution is 0.955. The quantitative estimate of drug-likeness (QED) is 0.583. The van der Waals surface area contributed by atoms with Gasteiger partial charge in [-0.1, -0.05) is 76.6 Å². The van der Waals surface area contributed by atoms with Crippen LogP contribution in [0.25, 0.3) is 0 Å². The summed E-state index contributed by atoms with van der Waals surface area (Å²) in [6.07, 6.45) is 0. The highest BCUT2D eigenvalue weighted by molar-refractivity contribution is 6.85. The Balaban J connectivity index is 4.62. The van der Waals surface area contributed by atoms with E-state index in [4.69, 9.17) is 0 Å². The topological polar surface area (TPSA) is 0 Å². The second-order valence-corrected chi connectivity index (χ2v) is 25.2. The van der Waals surface area contributed by atoms with Crippen LogP contribution in [0.5, 0.6) is 0 Å². The Kier molecular flexibility index (Phi) is 5.09. The number of hydrogen-bond donors (Lipinski definition) is 0. The summed E-state index contributed by atoms with van der Waals surface area (Å²) in [4.78, 5) is 0. The van der Waals surface area contributed by atoms with E-state index in [1.807, 2.05) is 0 Å². The molecule has 0 spiro atoms. The lowest BCUT2D eigenvalue weighted by Crippen LogP contribution is -2.38. The monoisotopic (exact) mass is 260 g/mol. The van der Waals surface area contributed by atoms with Crippen molar-refractivity contribution in [2.45, 2.75) is 76.6 Å². The van der Waals surface area contributed by atoms with Crippen LogP contribution in [0.4, 0.5) is 0 Å². The van der Waals surface area contributed by atoms with Crippen LogP contribution in [0.1, 0.15) is 0 Å². The summed E-state index contributed by atoms with van der Waals surface area (Å²) in [5.74, 6) is 0. The van der Waals surface area contributed by atoms with Gasteiger partial charge < -0.3 is 0 Å². The summed E-state index contributed by atoms with van der Waals surface area (Å²) in [7, 11) is -2.68. The van der Waals surface area contributed by atoms with E-state index >= 15 is 0 Å². The molecule has 3 heteroatoms. The fourth-order valence-electron chi connectivity index (χ4n) is 2.16. The largest absolute Gasteiger partial charge is 0.0695 e. The minimum absolute atomic E-state index is 0.873. The molecule has 15 heavy (non-hydrogen) atoms. The maximum absolute atomic E-state index is 2.57. The molecule has 0 amide bonds. The van der Waals surface area contributed by atoms with Gasteiger partial charge in [0, 0.05) is 24.2 Å². The van der Waals surface area contributed by atoms with Crippen LogP contribution in [0.2, 0.25) is 76.6 Å². The molecule has 0 nitrogen and oxygen atoms in total. The molecule has 0 radical (unpaired) electrons. The first-order valence-corrected chi connectivity index (χ1v) is 17.3. The third-order valence-corrected chi connectivity index (χ3v) is 10.1. The molecule has 92 valence electrons. The molecular formula is C12H32Si3. The zero-order valence-electron chi connectivity index (χ0n) is 12.5. The van der Waals surface area contributed by atoms with Crippen LogP contribution < -0.4 is 0 Å². The Morgan fingerprint density at radius 1 is 0.600 bits per heavy atom. The van der Waals surface area contributed by atoms with Crippen LogP contribution in [-0.4, -0.2) is 24.2 Å². The molecule has 0 aliphatic carbocycles. The van der Waals surface area contributed by atoms with Gasteiger partial charge in [0.25, 0.3) is 0 Å². The van der Waals surface area contributed by atoms with Crippen molar-refractivity contribution in [1.82, 2.24) is 0 Å². The van der Waals surface area contributed by atoms with Crippen LogP contribution >= 0.6 is 0 Å². The lowest BCUT2D eigenvalue weighted by Gasteiger charge is -2.37. The van der Waals surface area contributed by atoms with E-state index in [0.717, 1.165) is 5.54 Å². The summed E-state index contributed by atoms with van der Waals surface area (Å²) in [6, 6.07) is 3.12. The Hall–Kier alpha value is 0.651. The molecule has 0 saturated heterocycles. The van der Waals surface area contributed by atoms with Gasteiger partial charge >= 0.3 is 0 Å². The van der Waals surface area contributed by atoms with Gasteiger partial charge in [-0.3, -0.25) is 0 Å². The standard InChI is InChI=1S/C12H32Si3/c1-13(2,3)10-12(15(7,8)9)11-14(4,5)6/h12H,10-11H2,1-9H3. The highest BCUT2D eigenvalue weighted by Gasteiger charge is 2.34. The molecular weight excluding hydrogens is 228 g/mol. The van der Waals surface area contributed by atoms with Crippen molar-refractivity contribution >= 4 is 24.2 Å². The third kappa shape index (κ3) is 8.46. The zero-order valence-corrected chi connectivity index (χ0v) is 15.5. The smallest absolute Gasteiger partial charge is 0.0468 e. The minimum Gasteiger partial charge on any atom is -0.0695 e. The predicted molar refractivity (Wildman–Crippen MR) is 83.4 cm³/mol. The van der Waals surface area contributed by atoms with Crippen molar-refractivity contribution in [3.63, 3.8) is 0 Å². The Morgan fingerprint density at radius 2 is 0.867 bits per heavy atom. The Labute approximate surface area is 101 Å². The van der Waals surface area contributed by atoms with Gasteiger partial charge in [0.2, 0.25) is 0 Å². The average molecular weight is 261 g/mol. The summed E-state index contributed by atoms with van der Waals surface area (Å²) < 4.78 is 0. The van der Waals surface area contributed by atoms with E-state index in [2.05, 4.69) is 58.9 Å². The summed E-state index contributed by atoms with van der Waals surface area (Å²) in [5, 5.41) is 0. The van der Waals surface area contributed by atoms with E-state index in [0.29, 0.717) is 0 Å². The van der Waals surface area contributed by atoms with E-state index in [-0.39, 0.29) is 0 Å². The van der Waals surface area contributed by atoms with Crippen molar-refractivity contribution in [1.29, 1.82) is 0 Å². The first-order chi connectivity index (χ1) is 6.31. The predicted octanol–water partition coefficient (Wildman–Crippen LogP) is 5.37. The van der Waals surface area contributed by atoms with Crippen LogP contribution in [0.15, 0.2) is 0 Å². The zero-order chi connectivity index (χ0) is 12.5. The first-order valence-electron chi connectivity index (χ1n) is 6.31. The normalized spacial score (nSPS) is 14.8. The second-order valence-electron chi connectivity index (χ2n) is 8.59. The molecule has 0 aromatic heterocycles. The molecule has 0 fully saturated rings. The molecule has 0 bridgehead atoms. The van der Waals surface area contributed by atoms with Crippen molar-refractivity contribution in [2.24, 2.45) is 0 Å². The molecule has 0 aromatic carbocycles. The molecule has 0 saturated carbocycles. The molecule has 0 rings (SSSR count). The Morgan fingerprint density at radius 3 is 1.00 bits per heavy atom. The SMILES string of the molecule is C[Si](C)(C)CC(C[Si](C)(C)C)[Si](C)(C)C. The van der Waals surface area contributed by atoms with Gasteiger partial charge in [0.05, 0.1) is 0 Å². The maximum Gasteiger partial charge on any atom is 0.0468 e. The van der Waals surface area contributed by atoms with Gasteiger partial charge in [-0.15, -0.1) is 0 Å². The van der Waals surface area contributed by atoms with Gasteiger partial charge in [-0.25, -0.2) is 0 Å². The lowest BCUT2D eigenvalue weighted by atomic mass is 10.5. The third-order valence-electron chi connectivity index (χ3n) is 2.94. The fourth-order valence-corrected chi connectivity index (χ4v) is 14.3. The molecule has 0 aliphatic heterocycles. The molecule has 0 aromatic rings. The van der Waals surface area contributed by atoms with Gasteiger partial charge in [-0.2, -0.15) is 0 Å². The fraction of sp³-hybridized carbons (Fsp3) is 1.00. The number of rotatable bonds is 5. The molecule has 0 aliphatic rings. The summed E-state index contributed by atoms with van der Waals surface area (Å²) in [5.41, 5.74) is 1.08. The van der Waals surface area contributed by atoms with Gasteiger partial charge in [-0.05, 0) is 0 Å². The molecule has 0 heterocycles. The van der Waals surface area contributed by atoms with Crippen LogP contribution in [0.3, 0.4) is 0 Å². The highest BCUT2D eigenvalue weighted by Crippen LogP contribution is 2.38. The van der Waals surface area contributed by atoms with E-state index < -0.39 is 24.2 Å². The van der Waals surface area contributed by atoms with Crippen LogP contribution in [0, 0.1) is 0 Å². The second kappa shape index (κ2) is 4.88. The van der Waals surface area contributed by atoms with Crippen LogP contribution in [-0.2, 0) is 0 Å². The number of hydrogen-bond acceptors (Lipinski definition) is 0. The molecule has 0 atom stereocenters. The van der Waals surface area contributed by atoms with E-state index in [1.54, 1.807) is 12.1 Å². The van der Waals surface area contributed by atoms with Crippen molar-refractivity contribution in [3.05, 3.63) is 0 Å². The summed E-state index contributed by atoms with van der Waals surface area (Å²) >= 11 is 0. The van der Waals surface area contributed by atoms with E-state index in [1.165, 1.54) is 0 Å². The van der Waals surface area contributed by atoms with Gasteiger partial charge in [0.15, 0.2) is 0 Å². The molecule has 0 N–H and O–H groups in total. The Bertz CT molecular complexity index is 174. The average Bonchev–Trinajstić information content (AvgIpc) is 1.75. The highest BCUT2D eigenvalue weighted by atomic mass is 28.3. The van der Waals surface area contributed by atoms with Crippen molar-refractivity contribution in [3.8, 4) is 0 Å². The maximum atomic E-state index is 2.57. The van der Waals surface area contributed by atoms with E-state index in [9.17, 15) is 0 Å². The summed E-state index contributed by atoms with van der Waals surface area (Å²) in [6.45, 7) is 22.9. The van der Waals surface area contributed by atoms with Gasteiger partial charge in [0.1, 0.15) is 0 Å².